The average Bonchev–Trinajstić information content (AvgIpc) is 2.89. The maximum atomic E-state index is 12.2. The summed E-state index contributed by atoms with van der Waals surface area (Å²) in [6.45, 7) is 2.65. The molecule has 1 N–H and O–H groups in total. The Bertz CT molecular complexity index is 472. The fraction of sp³-hybridized carbons (Fsp3) is 0.714. The van der Waals surface area contributed by atoms with Crippen molar-refractivity contribution in [1.29, 1.82) is 0 Å². The molecule has 0 fully saturated rings. The summed E-state index contributed by atoms with van der Waals surface area (Å²) in [5.74, 6) is 0.643. The third kappa shape index (κ3) is 3.19. The smallest absolute Gasteiger partial charge is 0.273 e. The Labute approximate surface area is 118 Å². The van der Waals surface area contributed by atoms with Crippen molar-refractivity contribution in [3.63, 3.8) is 0 Å². The second kappa shape index (κ2) is 6.37. The third-order valence-corrected chi connectivity index (χ3v) is 3.73. The van der Waals surface area contributed by atoms with Crippen LogP contribution in [0.2, 0.25) is 0 Å². The predicted octanol–water partition coefficient (Wildman–Crippen LogP) is 1.33. The Morgan fingerprint density at radius 2 is 2.15 bits per heavy atom. The van der Waals surface area contributed by atoms with Gasteiger partial charge in [0, 0.05) is 32.7 Å². The van der Waals surface area contributed by atoms with Crippen molar-refractivity contribution < 1.29 is 18.8 Å². The molecule has 1 aliphatic carbocycles. The zero-order valence-electron chi connectivity index (χ0n) is 12.3. The van der Waals surface area contributed by atoms with Gasteiger partial charge in [-0.05, 0) is 26.2 Å². The Morgan fingerprint density at radius 1 is 1.40 bits per heavy atom. The maximum absolute atomic E-state index is 12.2. The molecule has 1 unspecified atom stereocenters. The van der Waals surface area contributed by atoms with Gasteiger partial charge in [0.2, 0.25) is 0 Å². The molecule has 0 saturated heterocycles. The summed E-state index contributed by atoms with van der Waals surface area (Å²) in [4.78, 5) is 12.2. The van der Waals surface area contributed by atoms with Crippen LogP contribution in [0, 0.1) is 0 Å². The lowest BCUT2D eigenvalue weighted by molar-refractivity contribution is -0.0480. The number of nitrogens with zero attached hydrogens (tertiary/aromatic N) is 1. The van der Waals surface area contributed by atoms with Crippen molar-refractivity contribution in [1.82, 2.24) is 10.5 Å². The summed E-state index contributed by atoms with van der Waals surface area (Å²) >= 11 is 0. The molecular weight excluding hydrogens is 260 g/mol. The van der Waals surface area contributed by atoms with Gasteiger partial charge in [-0.25, -0.2) is 0 Å². The van der Waals surface area contributed by atoms with Crippen molar-refractivity contribution >= 4 is 5.91 Å². The standard InChI is InChI=1S/C14H22N2O4/c1-14(19-3,9-18-2)8-15-13(17)12-10-6-4-5-7-11(10)20-16-12/h4-9H2,1-3H3,(H,15,17). The Kier molecular flexibility index (Phi) is 4.77. The van der Waals surface area contributed by atoms with E-state index in [4.69, 9.17) is 14.0 Å². The number of fused-ring (bicyclic) bond motifs is 1. The largest absolute Gasteiger partial charge is 0.382 e. The molecule has 1 aliphatic rings. The SMILES string of the molecule is COCC(C)(CNC(=O)c1noc2c1CCCC2)OC. The highest BCUT2D eigenvalue weighted by molar-refractivity contribution is 5.93. The van der Waals surface area contributed by atoms with Gasteiger partial charge in [-0.3, -0.25) is 4.79 Å². The van der Waals surface area contributed by atoms with Crippen LogP contribution in [-0.2, 0) is 22.3 Å². The first-order valence-electron chi connectivity index (χ1n) is 6.89. The van der Waals surface area contributed by atoms with Gasteiger partial charge in [-0.2, -0.15) is 0 Å². The first-order valence-corrected chi connectivity index (χ1v) is 6.89. The minimum atomic E-state index is -0.547. The Hall–Kier alpha value is -1.40. The summed E-state index contributed by atoms with van der Waals surface area (Å²) in [6.07, 6.45) is 3.91. The first-order chi connectivity index (χ1) is 9.59. The number of carbonyl (C=O) groups is 1. The van der Waals surface area contributed by atoms with E-state index in [1.807, 2.05) is 6.92 Å². The number of methoxy groups -OCH3 is 2. The second-order valence-corrected chi connectivity index (χ2v) is 5.41. The van der Waals surface area contributed by atoms with Crippen LogP contribution in [0.3, 0.4) is 0 Å². The molecule has 6 heteroatoms. The third-order valence-electron chi connectivity index (χ3n) is 3.73. The van der Waals surface area contributed by atoms with Gasteiger partial charge in [0.15, 0.2) is 5.69 Å². The number of aromatic nitrogens is 1. The van der Waals surface area contributed by atoms with Crippen molar-refractivity contribution in [2.24, 2.45) is 0 Å². The van der Waals surface area contributed by atoms with Gasteiger partial charge in [0.25, 0.3) is 5.91 Å². The summed E-state index contributed by atoms with van der Waals surface area (Å²) in [5, 5.41) is 6.76. The molecule has 0 saturated carbocycles. The molecule has 20 heavy (non-hydrogen) atoms. The minimum Gasteiger partial charge on any atom is -0.382 e. The van der Waals surface area contributed by atoms with E-state index in [9.17, 15) is 4.79 Å². The van der Waals surface area contributed by atoms with Crippen LogP contribution in [0.25, 0.3) is 0 Å². The number of hydrogen-bond acceptors (Lipinski definition) is 5. The van der Waals surface area contributed by atoms with E-state index in [0.717, 1.165) is 37.0 Å². The lowest BCUT2D eigenvalue weighted by Crippen LogP contribution is -2.45. The number of amides is 1. The summed E-state index contributed by atoms with van der Waals surface area (Å²) in [7, 11) is 3.20. The van der Waals surface area contributed by atoms with Crippen LogP contribution in [0.15, 0.2) is 4.52 Å². The molecule has 0 spiro atoms. The topological polar surface area (TPSA) is 73.6 Å². The van der Waals surface area contributed by atoms with Crippen molar-refractivity contribution in [3.05, 3.63) is 17.0 Å². The molecule has 2 rings (SSSR count). The van der Waals surface area contributed by atoms with Crippen LogP contribution in [0.5, 0.6) is 0 Å². The summed E-state index contributed by atoms with van der Waals surface area (Å²) in [5.41, 5.74) is 0.823. The normalized spacial score (nSPS) is 17.4. The number of nitrogens with one attached hydrogen (secondary N) is 1. The molecule has 0 radical (unpaired) electrons. The van der Waals surface area contributed by atoms with E-state index >= 15 is 0 Å². The molecule has 1 aromatic heterocycles. The van der Waals surface area contributed by atoms with Gasteiger partial charge >= 0.3 is 0 Å². The van der Waals surface area contributed by atoms with Gasteiger partial charge in [-0.15, -0.1) is 0 Å². The second-order valence-electron chi connectivity index (χ2n) is 5.41. The molecule has 112 valence electrons. The average molecular weight is 282 g/mol. The van der Waals surface area contributed by atoms with E-state index in [-0.39, 0.29) is 5.91 Å². The molecule has 0 aliphatic heterocycles. The van der Waals surface area contributed by atoms with Crippen molar-refractivity contribution in [2.45, 2.75) is 38.2 Å². The Morgan fingerprint density at radius 3 is 2.85 bits per heavy atom. The highest BCUT2D eigenvalue weighted by Gasteiger charge is 2.28. The Balaban J connectivity index is 2.00. The van der Waals surface area contributed by atoms with E-state index in [1.165, 1.54) is 0 Å². The predicted molar refractivity (Wildman–Crippen MR) is 72.8 cm³/mol. The van der Waals surface area contributed by atoms with E-state index in [1.54, 1.807) is 14.2 Å². The lowest BCUT2D eigenvalue weighted by Gasteiger charge is -2.27. The number of rotatable bonds is 6. The summed E-state index contributed by atoms with van der Waals surface area (Å²) < 4.78 is 15.7. The highest BCUT2D eigenvalue weighted by atomic mass is 16.5. The molecule has 1 amide bonds. The number of carbonyl (C=O) groups excluding carboxylic acids is 1. The zero-order chi connectivity index (χ0) is 14.6. The summed E-state index contributed by atoms with van der Waals surface area (Å²) in [6, 6.07) is 0. The van der Waals surface area contributed by atoms with Crippen LogP contribution in [-0.4, -0.2) is 44.0 Å². The van der Waals surface area contributed by atoms with Gasteiger partial charge < -0.3 is 19.3 Å². The van der Waals surface area contributed by atoms with Crippen LogP contribution < -0.4 is 5.32 Å². The molecule has 1 atom stereocenters. The van der Waals surface area contributed by atoms with Gasteiger partial charge in [0.05, 0.1) is 6.61 Å². The van der Waals surface area contributed by atoms with E-state index in [0.29, 0.717) is 18.8 Å². The number of ether oxygens (including phenoxy) is 2. The highest BCUT2D eigenvalue weighted by Crippen LogP contribution is 2.24. The molecule has 1 heterocycles. The van der Waals surface area contributed by atoms with Crippen molar-refractivity contribution in [2.75, 3.05) is 27.4 Å². The van der Waals surface area contributed by atoms with Crippen LogP contribution in [0.1, 0.15) is 41.6 Å². The first kappa shape index (κ1) is 15.0. The lowest BCUT2D eigenvalue weighted by atomic mass is 9.96. The van der Waals surface area contributed by atoms with Gasteiger partial charge in [0.1, 0.15) is 11.4 Å². The molecule has 1 aromatic rings. The molecule has 0 bridgehead atoms. The van der Waals surface area contributed by atoms with E-state index < -0.39 is 5.60 Å². The number of aryl methyl sites for hydroxylation is 1. The molecule has 0 aromatic carbocycles. The molecular formula is C14H22N2O4. The van der Waals surface area contributed by atoms with Crippen LogP contribution >= 0.6 is 0 Å². The maximum Gasteiger partial charge on any atom is 0.273 e. The molecule has 6 nitrogen and oxygen atoms in total. The fourth-order valence-corrected chi connectivity index (χ4v) is 2.40. The fourth-order valence-electron chi connectivity index (χ4n) is 2.40. The van der Waals surface area contributed by atoms with E-state index in [2.05, 4.69) is 10.5 Å². The zero-order valence-corrected chi connectivity index (χ0v) is 12.3. The number of hydrogen-bond donors (Lipinski definition) is 1. The van der Waals surface area contributed by atoms with Gasteiger partial charge in [-0.1, -0.05) is 5.16 Å². The van der Waals surface area contributed by atoms with Crippen LogP contribution in [0.4, 0.5) is 0 Å². The quantitative estimate of drug-likeness (QED) is 0.852. The minimum absolute atomic E-state index is 0.212. The van der Waals surface area contributed by atoms with Crippen molar-refractivity contribution in [3.8, 4) is 0 Å². The monoisotopic (exact) mass is 282 g/mol.